The minimum Gasteiger partial charge on any atom is -0.492 e. The quantitative estimate of drug-likeness (QED) is 0.0750. The van der Waals surface area contributed by atoms with E-state index < -0.39 is 5.60 Å². The van der Waals surface area contributed by atoms with E-state index in [9.17, 15) is 9.18 Å². The van der Waals surface area contributed by atoms with Crippen LogP contribution in [0, 0.1) is 5.82 Å². The van der Waals surface area contributed by atoms with Gasteiger partial charge in [0.25, 0.3) is 0 Å². The second-order valence-electron chi connectivity index (χ2n) is 13.0. The van der Waals surface area contributed by atoms with Gasteiger partial charge in [0.1, 0.15) is 48.5 Å². The molecule has 1 fully saturated rings. The van der Waals surface area contributed by atoms with Crippen LogP contribution in [0.2, 0.25) is 0 Å². The molecule has 10 heteroatoms. The van der Waals surface area contributed by atoms with E-state index in [2.05, 4.69) is 4.90 Å². The van der Waals surface area contributed by atoms with Gasteiger partial charge in [-0.1, -0.05) is 42.5 Å². The molecular weight excluding hydrogens is 658 g/mol. The zero-order valence-corrected chi connectivity index (χ0v) is 29.4. The first-order valence-corrected chi connectivity index (χ1v) is 17.5. The largest absolute Gasteiger partial charge is 0.492 e. The molecule has 0 unspecified atom stereocenters. The summed E-state index contributed by atoms with van der Waals surface area (Å²) in [5.74, 6) is 2.24. The van der Waals surface area contributed by atoms with Crippen LogP contribution in [0.25, 0.3) is 20.5 Å². The van der Waals surface area contributed by atoms with Crippen LogP contribution >= 0.6 is 11.3 Å². The van der Waals surface area contributed by atoms with Crippen LogP contribution in [-0.2, 0) is 25.6 Å². The van der Waals surface area contributed by atoms with Crippen LogP contribution in [0.4, 0.5) is 4.39 Å². The summed E-state index contributed by atoms with van der Waals surface area (Å²) in [6.07, 6.45) is 0.151. The number of halogens is 1. The van der Waals surface area contributed by atoms with E-state index in [1.54, 1.807) is 23.5 Å². The zero-order chi connectivity index (χ0) is 34.9. The zero-order valence-electron chi connectivity index (χ0n) is 28.6. The van der Waals surface area contributed by atoms with Crippen LogP contribution in [0.5, 0.6) is 23.0 Å². The molecular formula is C40H42FNO7S. The monoisotopic (exact) mass is 699 g/mol. The highest BCUT2D eigenvalue weighted by atomic mass is 32.1. The van der Waals surface area contributed by atoms with Crippen molar-refractivity contribution in [2.24, 2.45) is 0 Å². The number of benzene rings is 4. The number of hydrogen-bond donors (Lipinski definition) is 0. The maximum atomic E-state index is 13.8. The molecule has 1 aliphatic rings. The summed E-state index contributed by atoms with van der Waals surface area (Å²) in [6.45, 7) is 9.65. The Hall–Kier alpha value is -4.48. The predicted octanol–water partition coefficient (Wildman–Crippen LogP) is 8.52. The highest BCUT2D eigenvalue weighted by Crippen LogP contribution is 2.47. The summed E-state index contributed by atoms with van der Waals surface area (Å²) in [4.78, 5) is 14.9. The smallest absolute Gasteiger partial charge is 0.332 e. The second kappa shape index (κ2) is 16.5. The Morgan fingerprint density at radius 1 is 0.840 bits per heavy atom. The van der Waals surface area contributed by atoms with Gasteiger partial charge in [0.15, 0.2) is 5.75 Å². The molecule has 0 radical (unpaired) electrons. The number of ether oxygens (including phenoxy) is 6. The molecule has 5 aromatic rings. The molecule has 50 heavy (non-hydrogen) atoms. The van der Waals surface area contributed by atoms with Crippen molar-refractivity contribution in [1.82, 2.24) is 4.90 Å². The van der Waals surface area contributed by atoms with E-state index in [4.69, 9.17) is 28.4 Å². The van der Waals surface area contributed by atoms with Crippen LogP contribution < -0.4 is 14.2 Å². The minimum absolute atomic E-state index is 0.0731. The molecule has 1 aromatic heterocycles. The molecule has 0 bridgehead atoms. The summed E-state index contributed by atoms with van der Waals surface area (Å²) in [7, 11) is 0. The molecule has 0 N–H and O–H groups in total. The Balaban J connectivity index is 0.983. The Bertz CT molecular complexity index is 1830. The molecule has 0 spiro atoms. The van der Waals surface area contributed by atoms with Crippen LogP contribution in [0.3, 0.4) is 0 Å². The molecule has 0 saturated carbocycles. The topological polar surface area (TPSA) is 75.7 Å². The Kier molecular flexibility index (Phi) is 11.7. The number of thiophene rings is 1. The molecule has 0 amide bonds. The highest BCUT2D eigenvalue weighted by Gasteiger charge is 2.27. The molecule has 8 nitrogen and oxygen atoms in total. The van der Waals surface area contributed by atoms with Crippen molar-refractivity contribution in [3.05, 3.63) is 108 Å². The number of hydrogen-bond acceptors (Lipinski definition) is 9. The first-order chi connectivity index (χ1) is 24.2. The van der Waals surface area contributed by atoms with Crippen molar-refractivity contribution in [3.63, 3.8) is 0 Å². The maximum Gasteiger partial charge on any atom is 0.332 e. The average molecular weight is 700 g/mol. The van der Waals surface area contributed by atoms with E-state index in [1.807, 2.05) is 93.6 Å². The fourth-order valence-corrected chi connectivity index (χ4v) is 6.57. The van der Waals surface area contributed by atoms with Crippen molar-refractivity contribution < 1.29 is 37.6 Å². The lowest BCUT2D eigenvalue weighted by Gasteiger charge is -2.38. The van der Waals surface area contributed by atoms with E-state index in [0.717, 1.165) is 57.2 Å². The third kappa shape index (κ3) is 10.0. The Morgan fingerprint density at radius 3 is 2.30 bits per heavy atom. The number of likely N-dealkylation sites (tertiary alicyclic amines) is 1. The summed E-state index contributed by atoms with van der Waals surface area (Å²) < 4.78 is 49.8. The Morgan fingerprint density at radius 2 is 1.56 bits per heavy atom. The number of esters is 1. The fourth-order valence-electron chi connectivity index (χ4n) is 5.40. The molecule has 0 atom stereocenters. The van der Waals surface area contributed by atoms with Gasteiger partial charge < -0.3 is 28.4 Å². The van der Waals surface area contributed by atoms with Gasteiger partial charge in [0, 0.05) is 29.7 Å². The molecule has 1 saturated heterocycles. The van der Waals surface area contributed by atoms with Crippen LogP contribution in [-0.4, -0.2) is 68.6 Å². The first kappa shape index (κ1) is 35.3. The second-order valence-corrected chi connectivity index (χ2v) is 14.1. The van der Waals surface area contributed by atoms with Crippen molar-refractivity contribution in [3.8, 4) is 33.4 Å². The number of nitrogens with zero attached hydrogens (tertiary/aromatic N) is 1. The standard InChI is InChI=1S/C40H42FNO7S/c1-40(2,3)49-37(43)27-44-21-22-46-34-24-42(25-34)19-20-45-31-13-15-32(16-14-31)48-38-35-18-17-33(47-26-28-7-5-4-6-8-28)23-36(35)50-39(38)29-9-11-30(41)12-10-29/h4-18,23,34H,19-22,24-27H2,1-3H3. The van der Waals surface area contributed by atoms with Gasteiger partial charge in [-0.2, -0.15) is 0 Å². The summed E-state index contributed by atoms with van der Waals surface area (Å²) >= 11 is 1.58. The van der Waals surface area contributed by atoms with Gasteiger partial charge >= 0.3 is 5.97 Å². The molecule has 0 aliphatic carbocycles. The van der Waals surface area contributed by atoms with E-state index >= 15 is 0 Å². The van der Waals surface area contributed by atoms with Crippen molar-refractivity contribution in [2.75, 3.05) is 46.1 Å². The van der Waals surface area contributed by atoms with Gasteiger partial charge in [-0.3, -0.25) is 4.90 Å². The number of carbonyl (C=O) groups excluding carboxylic acids is 1. The van der Waals surface area contributed by atoms with Gasteiger partial charge in [-0.15, -0.1) is 11.3 Å². The molecule has 6 rings (SSSR count). The van der Waals surface area contributed by atoms with Gasteiger partial charge in [0.05, 0.1) is 24.2 Å². The highest BCUT2D eigenvalue weighted by molar-refractivity contribution is 7.22. The molecule has 4 aromatic carbocycles. The van der Waals surface area contributed by atoms with E-state index in [-0.39, 0.29) is 24.5 Å². The van der Waals surface area contributed by atoms with Crippen LogP contribution in [0.1, 0.15) is 26.3 Å². The minimum atomic E-state index is -0.517. The van der Waals surface area contributed by atoms with Crippen molar-refractivity contribution >= 4 is 27.4 Å². The normalized spacial score (nSPS) is 13.6. The van der Waals surface area contributed by atoms with Gasteiger partial charge in [-0.25, -0.2) is 9.18 Å². The molecule has 262 valence electrons. The van der Waals surface area contributed by atoms with Crippen molar-refractivity contribution in [1.29, 1.82) is 0 Å². The third-order valence-corrected chi connectivity index (χ3v) is 9.02. The van der Waals surface area contributed by atoms with E-state index in [0.29, 0.717) is 37.9 Å². The molecule has 2 heterocycles. The lowest BCUT2D eigenvalue weighted by atomic mass is 10.1. The number of carbonyl (C=O) groups is 1. The number of fused-ring (bicyclic) bond motifs is 1. The van der Waals surface area contributed by atoms with Crippen molar-refractivity contribution in [2.45, 2.75) is 39.1 Å². The summed E-state index contributed by atoms with van der Waals surface area (Å²) in [5.41, 5.74) is 1.45. The van der Waals surface area contributed by atoms with E-state index in [1.165, 1.54) is 12.1 Å². The lowest BCUT2D eigenvalue weighted by Crippen LogP contribution is -2.53. The SMILES string of the molecule is CC(C)(C)OC(=O)COCCOC1CN(CCOc2ccc(Oc3c(-c4ccc(F)cc4)sc4cc(OCc5ccccc5)ccc34)cc2)C1. The average Bonchev–Trinajstić information content (AvgIpc) is 3.43. The van der Waals surface area contributed by atoms with Crippen LogP contribution in [0.15, 0.2) is 97.1 Å². The predicted molar refractivity (Wildman–Crippen MR) is 193 cm³/mol. The van der Waals surface area contributed by atoms with Gasteiger partial charge in [0.2, 0.25) is 0 Å². The maximum absolute atomic E-state index is 13.8. The lowest BCUT2D eigenvalue weighted by molar-refractivity contribution is -0.161. The Labute approximate surface area is 296 Å². The third-order valence-electron chi connectivity index (χ3n) is 7.84. The summed E-state index contributed by atoms with van der Waals surface area (Å²) in [5, 5.41) is 0.951. The number of rotatable bonds is 16. The molecule has 1 aliphatic heterocycles. The fraction of sp³-hybridized carbons (Fsp3) is 0.325. The van der Waals surface area contributed by atoms with Gasteiger partial charge in [-0.05, 0) is 86.5 Å². The first-order valence-electron chi connectivity index (χ1n) is 16.7. The summed E-state index contributed by atoms with van der Waals surface area (Å²) in [6, 6.07) is 30.1.